The highest BCUT2D eigenvalue weighted by Gasteiger charge is 2.44. The molecule has 0 spiro atoms. The monoisotopic (exact) mass is 274 g/mol. The quantitative estimate of drug-likeness (QED) is 0.453. The number of hydrogen-bond donors (Lipinski definition) is 0. The lowest BCUT2D eigenvalue weighted by Gasteiger charge is -2.28. The van der Waals surface area contributed by atoms with Gasteiger partial charge < -0.3 is 13.3 Å². The second-order valence-electron chi connectivity index (χ2n) is 4.30. The van der Waals surface area contributed by atoms with Gasteiger partial charge in [0.2, 0.25) is 0 Å². The van der Waals surface area contributed by atoms with Gasteiger partial charge in [0.25, 0.3) is 0 Å². The predicted octanol–water partition coefficient (Wildman–Crippen LogP) is 3.31. The minimum absolute atomic E-state index is 0.378. The molecule has 0 N–H and O–H groups in total. The van der Waals surface area contributed by atoms with Gasteiger partial charge >= 0.3 is 14.8 Å². The molecule has 0 aliphatic heterocycles. The summed E-state index contributed by atoms with van der Waals surface area (Å²) >= 11 is 0. The Morgan fingerprint density at radius 3 is 1.89 bits per heavy atom. The average Bonchev–Trinajstić information content (AvgIpc) is 2.34. The lowest BCUT2D eigenvalue weighted by molar-refractivity contribution is -0.135. The number of hydrogen-bond acceptors (Lipinski definition) is 4. The third kappa shape index (κ3) is 6.33. The molecule has 0 amide bonds. The van der Waals surface area contributed by atoms with E-state index in [9.17, 15) is 4.79 Å². The summed E-state index contributed by atoms with van der Waals surface area (Å²) in [7, 11) is -2.87. The molecule has 0 aromatic heterocycles. The fraction of sp³-hybridized carbons (Fsp3) is 0.769. The van der Waals surface area contributed by atoms with Gasteiger partial charge in [0, 0.05) is 24.8 Å². The van der Waals surface area contributed by atoms with Crippen molar-refractivity contribution in [3.8, 4) is 0 Å². The van der Waals surface area contributed by atoms with E-state index >= 15 is 0 Å². The molecule has 0 aromatic carbocycles. The Bertz CT molecular complexity index is 258. The molecule has 0 aliphatic carbocycles. The maximum absolute atomic E-state index is 11.7. The SMILES string of the molecule is C=C(C)C(=O)O[Si](CCC)(OCCC)OCCC. The fourth-order valence-corrected chi connectivity index (χ4v) is 4.04. The normalized spacial score (nSPS) is 11.3. The van der Waals surface area contributed by atoms with E-state index in [4.69, 9.17) is 13.3 Å². The van der Waals surface area contributed by atoms with E-state index in [1.165, 1.54) is 0 Å². The summed E-state index contributed by atoms with van der Waals surface area (Å²) in [5, 5.41) is 0. The molecule has 0 bridgehead atoms. The van der Waals surface area contributed by atoms with E-state index in [0.717, 1.165) is 19.3 Å². The third-order valence-electron chi connectivity index (χ3n) is 2.21. The third-order valence-corrected chi connectivity index (χ3v) is 5.10. The van der Waals surface area contributed by atoms with Gasteiger partial charge in [-0.1, -0.05) is 33.8 Å². The lowest BCUT2D eigenvalue weighted by atomic mass is 10.4. The maximum Gasteiger partial charge on any atom is 0.568 e. The molecule has 0 atom stereocenters. The molecule has 106 valence electrons. The smallest absolute Gasteiger partial charge is 0.470 e. The predicted molar refractivity (Wildman–Crippen MR) is 74.2 cm³/mol. The highest BCUT2D eigenvalue weighted by Crippen LogP contribution is 2.20. The van der Waals surface area contributed by atoms with Gasteiger partial charge in [0.1, 0.15) is 0 Å². The molecule has 0 unspecified atom stereocenters. The molecule has 0 heterocycles. The lowest BCUT2D eigenvalue weighted by Crippen LogP contribution is -2.47. The van der Waals surface area contributed by atoms with Crippen molar-refractivity contribution in [1.29, 1.82) is 0 Å². The highest BCUT2D eigenvalue weighted by molar-refractivity contribution is 6.62. The summed E-state index contributed by atoms with van der Waals surface area (Å²) < 4.78 is 17.0. The standard InChI is InChI=1S/C13H26O4Si/c1-6-9-15-18(11-8-3,16-10-7-2)17-13(14)12(4)5/h4,6-11H2,1-3,5H3. The molecule has 5 heteroatoms. The Balaban J connectivity index is 4.79. The first-order valence-corrected chi connectivity index (χ1v) is 8.61. The molecule has 0 saturated carbocycles. The topological polar surface area (TPSA) is 44.8 Å². The molecule has 0 rings (SSSR count). The van der Waals surface area contributed by atoms with Crippen LogP contribution in [0.25, 0.3) is 0 Å². The van der Waals surface area contributed by atoms with Crippen LogP contribution in [0, 0.1) is 0 Å². The molecular weight excluding hydrogens is 248 g/mol. The van der Waals surface area contributed by atoms with E-state index in [1.807, 2.05) is 20.8 Å². The van der Waals surface area contributed by atoms with Crippen molar-refractivity contribution in [3.63, 3.8) is 0 Å². The number of carbonyl (C=O) groups excluding carboxylic acids is 1. The fourth-order valence-electron chi connectivity index (χ4n) is 1.35. The Morgan fingerprint density at radius 2 is 1.56 bits per heavy atom. The average molecular weight is 274 g/mol. The molecule has 0 fully saturated rings. The van der Waals surface area contributed by atoms with Crippen LogP contribution < -0.4 is 0 Å². The first-order valence-electron chi connectivity index (χ1n) is 6.68. The van der Waals surface area contributed by atoms with Crippen molar-refractivity contribution in [2.24, 2.45) is 0 Å². The van der Waals surface area contributed by atoms with E-state index in [0.29, 0.717) is 24.8 Å². The Labute approximate surface area is 112 Å². The van der Waals surface area contributed by atoms with Crippen molar-refractivity contribution in [1.82, 2.24) is 0 Å². The molecule has 18 heavy (non-hydrogen) atoms. The second kappa shape index (κ2) is 9.30. The van der Waals surface area contributed by atoms with Crippen LogP contribution in [0.5, 0.6) is 0 Å². The largest absolute Gasteiger partial charge is 0.568 e. The summed E-state index contributed by atoms with van der Waals surface area (Å²) in [6, 6.07) is 0.659. The molecule has 0 aromatic rings. The van der Waals surface area contributed by atoms with Crippen molar-refractivity contribution >= 4 is 14.8 Å². The van der Waals surface area contributed by atoms with Crippen LogP contribution in [0.15, 0.2) is 12.2 Å². The van der Waals surface area contributed by atoms with Crippen LogP contribution in [-0.4, -0.2) is 28.0 Å². The van der Waals surface area contributed by atoms with E-state index in [2.05, 4.69) is 6.58 Å². The number of carbonyl (C=O) groups is 1. The first kappa shape index (κ1) is 17.3. The number of rotatable bonds is 10. The van der Waals surface area contributed by atoms with Crippen molar-refractivity contribution in [2.75, 3.05) is 13.2 Å². The second-order valence-corrected chi connectivity index (χ2v) is 6.95. The summed E-state index contributed by atoms with van der Waals surface area (Å²) in [5.41, 5.74) is 0.378. The van der Waals surface area contributed by atoms with E-state index in [1.54, 1.807) is 6.92 Å². The van der Waals surface area contributed by atoms with Crippen LogP contribution in [0.4, 0.5) is 0 Å². The Kier molecular flexibility index (Phi) is 8.96. The first-order chi connectivity index (χ1) is 8.51. The molecule has 0 saturated heterocycles. The summed E-state index contributed by atoms with van der Waals surface area (Å²) in [6.45, 7) is 12.4. The van der Waals surface area contributed by atoms with Crippen molar-refractivity contribution in [3.05, 3.63) is 12.2 Å². The van der Waals surface area contributed by atoms with Crippen molar-refractivity contribution < 1.29 is 18.1 Å². The molecular formula is C13H26O4Si. The Morgan fingerprint density at radius 1 is 1.06 bits per heavy atom. The Hall–Kier alpha value is -0.653. The highest BCUT2D eigenvalue weighted by atomic mass is 28.4. The van der Waals surface area contributed by atoms with E-state index < -0.39 is 14.8 Å². The van der Waals surface area contributed by atoms with Crippen molar-refractivity contribution in [2.45, 2.75) is 53.0 Å². The van der Waals surface area contributed by atoms with Crippen LogP contribution in [-0.2, 0) is 18.1 Å². The molecule has 0 radical (unpaired) electrons. The van der Waals surface area contributed by atoms with Gasteiger partial charge in [-0.3, -0.25) is 0 Å². The summed E-state index contributed by atoms with van der Waals surface area (Å²) in [6.07, 6.45) is 2.61. The minimum Gasteiger partial charge on any atom is -0.470 e. The van der Waals surface area contributed by atoms with Gasteiger partial charge in [-0.2, -0.15) is 0 Å². The van der Waals surface area contributed by atoms with Gasteiger partial charge in [0.05, 0.1) is 0 Å². The van der Waals surface area contributed by atoms with Gasteiger partial charge in [0.15, 0.2) is 0 Å². The zero-order valence-electron chi connectivity index (χ0n) is 12.1. The zero-order valence-corrected chi connectivity index (χ0v) is 13.1. The summed E-state index contributed by atoms with van der Waals surface area (Å²) in [4.78, 5) is 11.7. The minimum atomic E-state index is -2.87. The molecule has 4 nitrogen and oxygen atoms in total. The van der Waals surface area contributed by atoms with Gasteiger partial charge in [-0.25, -0.2) is 4.79 Å². The van der Waals surface area contributed by atoms with Crippen LogP contribution in [0.1, 0.15) is 47.0 Å². The maximum atomic E-state index is 11.7. The van der Waals surface area contributed by atoms with Crippen LogP contribution >= 0.6 is 0 Å². The molecule has 0 aliphatic rings. The van der Waals surface area contributed by atoms with Crippen LogP contribution in [0.3, 0.4) is 0 Å². The zero-order chi connectivity index (χ0) is 14.0. The summed E-state index contributed by atoms with van der Waals surface area (Å²) in [5.74, 6) is -0.415. The van der Waals surface area contributed by atoms with Gasteiger partial charge in [-0.15, -0.1) is 0 Å². The van der Waals surface area contributed by atoms with Gasteiger partial charge in [-0.05, 0) is 19.8 Å². The van der Waals surface area contributed by atoms with Crippen LogP contribution in [0.2, 0.25) is 6.04 Å². The van der Waals surface area contributed by atoms with E-state index in [-0.39, 0.29) is 0 Å².